The van der Waals surface area contributed by atoms with Gasteiger partial charge in [0.25, 0.3) is 0 Å². The number of benzene rings is 3. The zero-order chi connectivity index (χ0) is 31.5. The molecule has 45 heavy (non-hydrogen) atoms. The smallest absolute Gasteiger partial charge is 0.410 e. The average molecular weight is 644 g/mol. The second kappa shape index (κ2) is 18.2. The van der Waals surface area contributed by atoms with Crippen LogP contribution >= 0.6 is 12.4 Å². The Bertz CT molecular complexity index is 1310. The summed E-state index contributed by atoms with van der Waals surface area (Å²) in [4.78, 5) is 14.5. The highest BCUT2D eigenvalue weighted by atomic mass is 35.5. The molecule has 2 N–H and O–H groups in total. The fourth-order valence-corrected chi connectivity index (χ4v) is 6.86. The third-order valence-corrected chi connectivity index (χ3v) is 9.05. The summed E-state index contributed by atoms with van der Waals surface area (Å²) in [5.41, 5.74) is 2.13. The monoisotopic (exact) mass is 643 g/mol. The van der Waals surface area contributed by atoms with E-state index in [0.29, 0.717) is 17.9 Å². The van der Waals surface area contributed by atoms with E-state index in [4.69, 9.17) is 4.74 Å². The first-order valence-electron chi connectivity index (χ1n) is 16.2. The Hall–Kier alpha value is -3.00. The number of hydrogen-bond donors (Lipinski definition) is 2. The van der Waals surface area contributed by atoms with Crippen molar-refractivity contribution in [3.63, 3.8) is 0 Å². The Kier molecular flexibility index (Phi) is 14.8. The summed E-state index contributed by atoms with van der Waals surface area (Å²) in [5, 5.41) is 21.1. The Morgan fingerprint density at radius 2 is 1.44 bits per heavy atom. The molecule has 3 aromatic rings. The average Bonchev–Trinajstić information content (AvgIpc) is 3.68. The number of carbonyl (C=O) groups excluding carboxylic acids is 1. The minimum atomic E-state index is -0.938. The van der Waals surface area contributed by atoms with E-state index in [9.17, 15) is 23.8 Å². The van der Waals surface area contributed by atoms with Gasteiger partial charge in [-0.3, -0.25) is 4.90 Å². The van der Waals surface area contributed by atoms with Crippen molar-refractivity contribution in [1.29, 1.82) is 0 Å². The summed E-state index contributed by atoms with van der Waals surface area (Å²) in [7, 11) is 0. The quantitative estimate of drug-likeness (QED) is 0.231. The van der Waals surface area contributed by atoms with Crippen LogP contribution in [0.5, 0.6) is 0 Å². The number of halogens is 3. The number of hydrogen-bond acceptors (Lipinski definition) is 4. The van der Waals surface area contributed by atoms with Gasteiger partial charge in [-0.2, -0.15) is 0 Å². The van der Waals surface area contributed by atoms with Gasteiger partial charge in [-0.25, -0.2) is 13.6 Å². The van der Waals surface area contributed by atoms with Crippen molar-refractivity contribution < 1.29 is 28.5 Å². The topological polar surface area (TPSA) is 70.0 Å². The first-order valence-corrected chi connectivity index (χ1v) is 16.2. The summed E-state index contributed by atoms with van der Waals surface area (Å²) in [5.74, 6) is 0.416. The highest BCUT2D eigenvalue weighted by Gasteiger charge is 2.41. The lowest BCUT2D eigenvalue weighted by molar-refractivity contribution is 0.0332. The summed E-state index contributed by atoms with van der Waals surface area (Å²) >= 11 is 0. The van der Waals surface area contributed by atoms with Gasteiger partial charge in [-0.1, -0.05) is 94.1 Å². The number of rotatable bonds is 10. The standard InChI is InChI=1S/C22H26FNO3.C15H21FO.ClH/c1-2-7-19-12-13-20(21(25)17-10-6-11-18(23)14-17)24(19)22(26)27-15-16-8-4-3-5-9-16;1-2-4-11-7-8-13(9-11)15(17)12-5-3-6-14(16)10-12;/h3-6,8-11,14,19-21,25H,2,7,12-13,15H2,1H3;3,5-6,10-11,13,15,17H,2,4,7-9H2,1H3;1H/t19-,20+,21-;11-,13-,15-;/m11./s1. The normalized spacial score (nSPS) is 22.1. The van der Waals surface area contributed by atoms with E-state index < -0.39 is 30.2 Å². The molecule has 1 saturated heterocycles. The van der Waals surface area contributed by atoms with E-state index in [0.717, 1.165) is 49.1 Å². The minimum absolute atomic E-state index is 0. The van der Waals surface area contributed by atoms with Gasteiger partial charge >= 0.3 is 6.09 Å². The van der Waals surface area contributed by atoms with E-state index in [-0.39, 0.29) is 30.9 Å². The van der Waals surface area contributed by atoms with Crippen molar-refractivity contribution in [2.75, 3.05) is 0 Å². The zero-order valence-electron chi connectivity index (χ0n) is 26.4. The van der Waals surface area contributed by atoms with Gasteiger partial charge < -0.3 is 14.9 Å². The lowest BCUT2D eigenvalue weighted by atomic mass is 9.92. The zero-order valence-corrected chi connectivity index (χ0v) is 27.2. The Morgan fingerprint density at radius 1 is 0.822 bits per heavy atom. The highest BCUT2D eigenvalue weighted by Crippen LogP contribution is 2.41. The summed E-state index contributed by atoms with van der Waals surface area (Å²) in [6.07, 6.45) is 7.27. The summed E-state index contributed by atoms with van der Waals surface area (Å²) < 4.78 is 32.2. The molecule has 1 aliphatic heterocycles. The van der Waals surface area contributed by atoms with Crippen molar-refractivity contribution >= 4 is 18.5 Å². The molecule has 0 bridgehead atoms. The molecular formula is C37H48ClF2NO4. The molecule has 0 spiro atoms. The molecule has 3 aromatic carbocycles. The maximum absolute atomic E-state index is 13.6. The Balaban J connectivity index is 0.000000265. The first kappa shape index (κ1) is 36.5. The molecule has 5 rings (SSSR count). The van der Waals surface area contributed by atoms with Crippen molar-refractivity contribution in [2.45, 2.75) is 103 Å². The van der Waals surface area contributed by atoms with Crippen molar-refractivity contribution in [2.24, 2.45) is 11.8 Å². The second-order valence-electron chi connectivity index (χ2n) is 12.3. The minimum Gasteiger partial charge on any atom is -0.445 e. The SMILES string of the molecule is CCC[C@@H]1CC[C@@H]([C@H](O)c2cccc(F)c2)C1.CCC[C@@H]1CC[C@@H]([C@H](O)c2cccc(F)c2)N1C(=O)OCc1ccccc1.Cl. The van der Waals surface area contributed by atoms with Crippen LogP contribution in [-0.4, -0.2) is 33.3 Å². The third-order valence-electron chi connectivity index (χ3n) is 9.05. The van der Waals surface area contributed by atoms with Crippen molar-refractivity contribution in [1.82, 2.24) is 4.90 Å². The van der Waals surface area contributed by atoms with Crippen LogP contribution in [0.2, 0.25) is 0 Å². The number of aliphatic hydroxyl groups is 2. The summed E-state index contributed by atoms with van der Waals surface area (Å²) in [6, 6.07) is 21.4. The van der Waals surface area contributed by atoms with Crippen LogP contribution in [0.15, 0.2) is 78.9 Å². The molecule has 0 radical (unpaired) electrons. The van der Waals surface area contributed by atoms with E-state index in [1.807, 2.05) is 36.4 Å². The molecule has 5 nitrogen and oxygen atoms in total. The molecule has 0 unspecified atom stereocenters. The predicted molar refractivity (Wildman–Crippen MR) is 176 cm³/mol. The van der Waals surface area contributed by atoms with Crippen LogP contribution in [0.3, 0.4) is 0 Å². The van der Waals surface area contributed by atoms with E-state index in [1.54, 1.807) is 23.1 Å². The molecule has 0 aromatic heterocycles. The van der Waals surface area contributed by atoms with Crippen LogP contribution in [-0.2, 0) is 11.3 Å². The van der Waals surface area contributed by atoms with Gasteiger partial charge in [0.05, 0.1) is 18.2 Å². The fraction of sp³-hybridized carbons (Fsp3) is 0.486. The van der Waals surface area contributed by atoms with Crippen LogP contribution < -0.4 is 0 Å². The molecule has 1 amide bonds. The molecule has 1 saturated carbocycles. The maximum Gasteiger partial charge on any atom is 0.410 e. The number of ether oxygens (including phenoxy) is 1. The highest BCUT2D eigenvalue weighted by molar-refractivity contribution is 5.85. The second-order valence-corrected chi connectivity index (χ2v) is 12.3. The number of likely N-dealkylation sites (tertiary alicyclic amines) is 1. The molecule has 6 atom stereocenters. The Labute approximate surface area is 273 Å². The van der Waals surface area contributed by atoms with Gasteiger partial charge in [0, 0.05) is 6.04 Å². The van der Waals surface area contributed by atoms with Crippen molar-refractivity contribution in [3.8, 4) is 0 Å². The third kappa shape index (κ3) is 10.2. The largest absolute Gasteiger partial charge is 0.445 e. The number of nitrogens with zero attached hydrogens (tertiary/aromatic N) is 1. The van der Waals surface area contributed by atoms with E-state index >= 15 is 0 Å². The lowest BCUT2D eigenvalue weighted by Gasteiger charge is -2.32. The summed E-state index contributed by atoms with van der Waals surface area (Å²) in [6.45, 7) is 4.47. The van der Waals surface area contributed by atoms with Gasteiger partial charge in [-0.05, 0) is 84.9 Å². The van der Waals surface area contributed by atoms with E-state index in [1.165, 1.54) is 43.5 Å². The molecule has 1 aliphatic carbocycles. The van der Waals surface area contributed by atoms with Gasteiger partial charge in [-0.15, -0.1) is 12.4 Å². The van der Waals surface area contributed by atoms with Gasteiger partial charge in [0.1, 0.15) is 18.2 Å². The molecule has 2 aliphatic rings. The number of amides is 1. The molecule has 2 fully saturated rings. The van der Waals surface area contributed by atoms with Crippen LogP contribution in [0, 0.1) is 23.5 Å². The molecule has 8 heteroatoms. The number of aliphatic hydroxyl groups excluding tert-OH is 2. The predicted octanol–water partition coefficient (Wildman–Crippen LogP) is 9.33. The first-order chi connectivity index (χ1) is 21.3. The van der Waals surface area contributed by atoms with Crippen LogP contribution in [0.25, 0.3) is 0 Å². The van der Waals surface area contributed by atoms with E-state index in [2.05, 4.69) is 13.8 Å². The fourth-order valence-electron chi connectivity index (χ4n) is 6.86. The number of carbonyl (C=O) groups is 1. The van der Waals surface area contributed by atoms with Crippen LogP contribution in [0.1, 0.15) is 101 Å². The molecular weight excluding hydrogens is 596 g/mol. The Morgan fingerprint density at radius 3 is 2.04 bits per heavy atom. The molecule has 246 valence electrons. The van der Waals surface area contributed by atoms with Gasteiger partial charge in [0.15, 0.2) is 0 Å². The van der Waals surface area contributed by atoms with Crippen LogP contribution in [0.4, 0.5) is 13.6 Å². The lowest BCUT2D eigenvalue weighted by Crippen LogP contribution is -2.44. The van der Waals surface area contributed by atoms with Crippen molar-refractivity contribution in [3.05, 3.63) is 107 Å². The van der Waals surface area contributed by atoms with Gasteiger partial charge in [0.2, 0.25) is 0 Å². The molecule has 1 heterocycles. The maximum atomic E-state index is 13.6.